The summed E-state index contributed by atoms with van der Waals surface area (Å²) in [7, 11) is 4.95. The molecule has 1 aromatic heterocycles. The highest BCUT2D eigenvalue weighted by Crippen LogP contribution is 2.41. The van der Waals surface area contributed by atoms with Crippen LogP contribution >= 0.6 is 0 Å². The molecule has 0 saturated carbocycles. The molecular weight excluding hydrogens is 959 g/mol. The van der Waals surface area contributed by atoms with Crippen LogP contribution in [0.3, 0.4) is 0 Å². The number of aliphatic hydroxyl groups is 4. The van der Waals surface area contributed by atoms with Crippen LogP contribution < -0.4 is 5.48 Å². The topological polar surface area (TPSA) is 263 Å². The summed E-state index contributed by atoms with van der Waals surface area (Å²) < 4.78 is 46.3. The van der Waals surface area contributed by atoms with Gasteiger partial charge in [-0.2, -0.15) is 0 Å². The van der Waals surface area contributed by atoms with Crippen molar-refractivity contribution in [3.63, 3.8) is 0 Å². The van der Waals surface area contributed by atoms with E-state index < -0.39 is 102 Å². The number of nitrogens with zero attached hydrogens (tertiary/aromatic N) is 4. The normalized spacial score (nSPS) is 36.8. The predicted octanol–water partition coefficient (Wildman–Crippen LogP) is 4.79. The maximum atomic E-state index is 14.2. The van der Waals surface area contributed by atoms with E-state index in [1.54, 1.807) is 47.0 Å². The largest absolute Gasteiger partial charge is 0.459 e. The number of unbranched alkanes of at least 4 members (excludes halogenated alkanes) is 4. The van der Waals surface area contributed by atoms with Gasteiger partial charge in [-0.15, -0.1) is 5.10 Å². The highest BCUT2D eigenvalue weighted by molar-refractivity contribution is 5.83. The smallest absolute Gasteiger partial charge is 0.308 e. The number of carbonyl (C=O) groups excluding carboxylic acids is 3. The van der Waals surface area contributed by atoms with Gasteiger partial charge >= 0.3 is 5.97 Å². The summed E-state index contributed by atoms with van der Waals surface area (Å²) in [5.41, 5.74) is 0.266. The summed E-state index contributed by atoms with van der Waals surface area (Å²) in [6.45, 7) is 16.6. The van der Waals surface area contributed by atoms with Crippen LogP contribution in [-0.4, -0.2) is 169 Å². The number of likely N-dealkylation sites (N-methyl/N-ethyl adjacent to an activating group) is 1. The van der Waals surface area contributed by atoms with Crippen molar-refractivity contribution in [2.24, 2.45) is 17.8 Å². The average molecular weight is 1050 g/mol. The number of aromatic nitrogens is 3. The number of esters is 1. The van der Waals surface area contributed by atoms with E-state index in [9.17, 15) is 34.8 Å². The summed E-state index contributed by atoms with van der Waals surface area (Å²) >= 11 is 0. The number of amides is 1. The number of cyclic esters (lactones) is 1. The second-order valence-corrected chi connectivity index (χ2v) is 22.1. The van der Waals surface area contributed by atoms with Gasteiger partial charge in [0.2, 0.25) is 5.91 Å². The quantitative estimate of drug-likeness (QED) is 0.0451. The van der Waals surface area contributed by atoms with Crippen LogP contribution in [0.4, 0.5) is 0 Å². The first kappa shape index (κ1) is 61.3. The van der Waals surface area contributed by atoms with E-state index in [-0.39, 0.29) is 43.5 Å². The molecule has 0 spiro atoms. The maximum absolute atomic E-state index is 14.2. The number of aryl methyl sites for hydroxylation is 1. The lowest BCUT2D eigenvalue weighted by Crippen LogP contribution is -2.61. The zero-order chi connectivity index (χ0) is 54.7. The standard InChI is InChI=1S/C54H89N5O15/c1-13-42-54(9,66)48(64)35(5)46(62)32(2)28-53(8,69-12)50(34(4)41(27-44(61)73-42)72-45-29-52(7,68-11)49(65)36(6)71-45)74-51-47(63)40(25-33(3)70-51)58(10)30-38-22-20-37(21-23-38)26-39-31-59(57-55-39)24-18-16-14-15-17-19-43(60)56-67/h20-23,31-36,40-42,45,47-51,63-67H,13-19,24-30H2,1-12H3,(H,56,60)/t32-,33-,34+,35+,36+,40+,41+,42?,45?,47-,48-,49+,50?,51?,52-,53+,54-/m1/s1. The Morgan fingerprint density at radius 1 is 0.892 bits per heavy atom. The summed E-state index contributed by atoms with van der Waals surface area (Å²) in [6.07, 6.45) is -2.27. The van der Waals surface area contributed by atoms with Gasteiger partial charge in [0.15, 0.2) is 12.6 Å². The van der Waals surface area contributed by atoms with Crippen LogP contribution in [0.5, 0.6) is 0 Å². The number of methoxy groups -OCH3 is 2. The van der Waals surface area contributed by atoms with Gasteiger partial charge in [0, 0.05) is 76.6 Å². The summed E-state index contributed by atoms with van der Waals surface area (Å²) in [4.78, 5) is 41.7. The lowest BCUT2D eigenvalue weighted by Gasteiger charge is -2.49. The number of hydrogen-bond donors (Lipinski definition) is 6. The third kappa shape index (κ3) is 15.6. The Hall–Kier alpha value is -3.51. The molecule has 1 aromatic carbocycles. The molecule has 0 radical (unpaired) electrons. The van der Waals surface area contributed by atoms with E-state index in [2.05, 4.69) is 39.5 Å². The highest BCUT2D eigenvalue weighted by Gasteiger charge is 2.53. The second-order valence-electron chi connectivity index (χ2n) is 22.1. The number of ketones is 1. The molecule has 4 heterocycles. The van der Waals surface area contributed by atoms with Crippen molar-refractivity contribution in [3.05, 3.63) is 47.3 Å². The van der Waals surface area contributed by atoms with Crippen LogP contribution in [0.1, 0.15) is 150 Å². The molecule has 1 amide bonds. The Balaban J connectivity index is 1.35. The molecule has 420 valence electrons. The molecule has 3 aliphatic rings. The van der Waals surface area contributed by atoms with Crippen LogP contribution in [0.25, 0.3) is 0 Å². The first-order valence-electron chi connectivity index (χ1n) is 26.7. The number of carbonyl (C=O) groups is 3. The molecule has 3 fully saturated rings. The van der Waals surface area contributed by atoms with Crippen molar-refractivity contribution in [3.8, 4) is 0 Å². The molecular formula is C54H89N5O15. The predicted molar refractivity (Wildman–Crippen MR) is 271 cm³/mol. The fraction of sp³-hybridized carbons (Fsp3) is 0.796. The zero-order valence-corrected chi connectivity index (χ0v) is 46.0. The van der Waals surface area contributed by atoms with Crippen molar-refractivity contribution < 1.29 is 73.2 Å². The number of aliphatic hydroxyl groups excluding tert-OH is 3. The Kier molecular flexibility index (Phi) is 22.5. The maximum Gasteiger partial charge on any atom is 0.308 e. The SMILES string of the molecule is CCC1OC(=O)C[C@H](OC2C[C@@](C)(OC)[C@@H](O)[C@H](C)O2)[C@H](C)C(OC2O[C@H](C)C[C@H](N(C)Cc3ccc(Cc4cn(CCCCCCCC(=O)NO)nn4)cc3)[C@H]2O)[C@@](C)(OC)C[C@@H](C)C(=O)[C@H](C)[C@@H](O)[C@]1(C)O. The second kappa shape index (κ2) is 27.2. The lowest BCUT2D eigenvalue weighted by molar-refractivity contribution is -0.317. The van der Waals surface area contributed by atoms with Crippen molar-refractivity contribution in [2.75, 3.05) is 21.3 Å². The molecule has 3 saturated heterocycles. The first-order valence-corrected chi connectivity index (χ1v) is 26.7. The van der Waals surface area contributed by atoms with Gasteiger partial charge in [0.05, 0.1) is 53.8 Å². The summed E-state index contributed by atoms with van der Waals surface area (Å²) in [5.74, 6) is -3.99. The van der Waals surface area contributed by atoms with Gasteiger partial charge in [-0.1, -0.05) is 76.4 Å². The number of hydrogen-bond acceptors (Lipinski definition) is 18. The lowest BCUT2D eigenvalue weighted by atomic mass is 9.74. The number of Topliss-reactive ketones (excluding diaryl/α,β-unsaturated/α-hetero) is 1. The van der Waals surface area contributed by atoms with Crippen LogP contribution in [0, 0.1) is 17.8 Å². The Labute approximate surface area is 438 Å². The Morgan fingerprint density at radius 3 is 2.19 bits per heavy atom. The van der Waals surface area contributed by atoms with E-state index in [4.69, 9.17) is 38.4 Å². The molecule has 74 heavy (non-hydrogen) atoms. The molecule has 20 heteroatoms. The average Bonchev–Trinajstić information content (AvgIpc) is 3.82. The van der Waals surface area contributed by atoms with Crippen molar-refractivity contribution in [1.29, 1.82) is 0 Å². The van der Waals surface area contributed by atoms with Crippen LogP contribution in [0.2, 0.25) is 0 Å². The van der Waals surface area contributed by atoms with Crippen molar-refractivity contribution >= 4 is 17.7 Å². The molecule has 4 unspecified atom stereocenters. The zero-order valence-electron chi connectivity index (χ0n) is 46.0. The van der Waals surface area contributed by atoms with Gasteiger partial charge in [0.1, 0.15) is 29.7 Å². The molecule has 5 rings (SSSR count). The number of nitrogens with one attached hydrogen (secondary N) is 1. The van der Waals surface area contributed by atoms with Gasteiger partial charge in [0.25, 0.3) is 0 Å². The van der Waals surface area contributed by atoms with Gasteiger partial charge in [-0.05, 0) is 84.9 Å². The minimum absolute atomic E-state index is 0.0731. The molecule has 0 aliphatic carbocycles. The van der Waals surface area contributed by atoms with E-state index in [1.807, 2.05) is 31.8 Å². The fourth-order valence-corrected chi connectivity index (χ4v) is 11.3. The van der Waals surface area contributed by atoms with E-state index in [0.717, 1.165) is 55.5 Å². The van der Waals surface area contributed by atoms with E-state index in [1.165, 1.54) is 21.1 Å². The fourth-order valence-electron chi connectivity index (χ4n) is 11.3. The van der Waals surface area contributed by atoms with Gasteiger partial charge < -0.3 is 53.6 Å². The van der Waals surface area contributed by atoms with E-state index >= 15 is 0 Å². The summed E-state index contributed by atoms with van der Waals surface area (Å²) in [5, 5.41) is 64.0. The number of ether oxygens (including phenoxy) is 7. The monoisotopic (exact) mass is 1050 g/mol. The van der Waals surface area contributed by atoms with Gasteiger partial charge in [-0.3, -0.25) is 29.2 Å². The summed E-state index contributed by atoms with van der Waals surface area (Å²) in [6, 6.07) is 7.84. The van der Waals surface area contributed by atoms with Crippen LogP contribution in [0.15, 0.2) is 30.5 Å². The molecule has 17 atom stereocenters. The molecule has 2 aromatic rings. The number of benzene rings is 1. The third-order valence-electron chi connectivity index (χ3n) is 16.1. The Bertz CT molecular complexity index is 2080. The highest BCUT2D eigenvalue weighted by atomic mass is 16.7. The van der Waals surface area contributed by atoms with Crippen molar-refractivity contribution in [2.45, 2.75) is 237 Å². The minimum Gasteiger partial charge on any atom is -0.459 e. The molecule has 0 bridgehead atoms. The number of hydroxylamine groups is 1. The third-order valence-corrected chi connectivity index (χ3v) is 16.1. The first-order chi connectivity index (χ1) is 34.9. The molecule has 20 nitrogen and oxygen atoms in total. The minimum atomic E-state index is -1.99. The Morgan fingerprint density at radius 2 is 1.54 bits per heavy atom. The van der Waals surface area contributed by atoms with Crippen molar-refractivity contribution in [1.82, 2.24) is 25.4 Å². The van der Waals surface area contributed by atoms with Gasteiger partial charge in [-0.25, -0.2) is 5.48 Å². The molecule has 3 aliphatic heterocycles. The number of rotatable bonds is 20. The van der Waals surface area contributed by atoms with E-state index in [0.29, 0.717) is 25.8 Å². The molecule has 6 N–H and O–H groups in total. The van der Waals surface area contributed by atoms with Crippen LogP contribution in [-0.2, 0) is 67.1 Å².